The average Bonchev–Trinajstić information content (AvgIpc) is 3.20. The van der Waals surface area contributed by atoms with E-state index in [0.29, 0.717) is 18.8 Å². The number of esters is 1. The van der Waals surface area contributed by atoms with Crippen LogP contribution in [0.3, 0.4) is 0 Å². The van der Waals surface area contributed by atoms with Gasteiger partial charge in [-0.2, -0.15) is 11.8 Å². The normalized spacial score (nSPS) is 15.7. The molecule has 5 heteroatoms. The van der Waals surface area contributed by atoms with Crippen molar-refractivity contribution < 1.29 is 18.7 Å². The van der Waals surface area contributed by atoms with E-state index >= 15 is 0 Å². The predicted molar refractivity (Wildman–Crippen MR) is 77.5 cm³/mol. The molecular formula is C15H19FO3S. The second kappa shape index (κ2) is 6.97. The van der Waals surface area contributed by atoms with Crippen LogP contribution in [0, 0.1) is 11.2 Å². The van der Waals surface area contributed by atoms with Gasteiger partial charge in [-0.1, -0.05) is 12.1 Å². The van der Waals surface area contributed by atoms with Gasteiger partial charge in [0.15, 0.2) is 11.6 Å². The van der Waals surface area contributed by atoms with E-state index in [-0.39, 0.29) is 17.2 Å². The Morgan fingerprint density at radius 3 is 2.80 bits per heavy atom. The second-order valence-electron chi connectivity index (χ2n) is 5.08. The highest BCUT2D eigenvalue weighted by molar-refractivity contribution is 7.99. The summed E-state index contributed by atoms with van der Waals surface area (Å²) in [6.45, 7) is 0.472. The molecule has 0 N–H and O–H groups in total. The largest absolute Gasteiger partial charge is 0.490 e. The number of carbonyl (C=O) groups excluding carboxylic acids is 1. The van der Waals surface area contributed by atoms with Gasteiger partial charge in [0.25, 0.3) is 0 Å². The van der Waals surface area contributed by atoms with Gasteiger partial charge >= 0.3 is 5.97 Å². The molecule has 0 aromatic heterocycles. The Hall–Kier alpha value is -1.23. The number of benzene rings is 1. The molecule has 3 nitrogen and oxygen atoms in total. The molecule has 0 bridgehead atoms. The molecule has 1 aromatic carbocycles. The topological polar surface area (TPSA) is 35.5 Å². The molecule has 0 amide bonds. The third-order valence-corrected chi connectivity index (χ3v) is 4.71. The molecule has 1 aliphatic rings. The summed E-state index contributed by atoms with van der Waals surface area (Å²) in [6.07, 6.45) is 2.68. The SMILES string of the molecule is COC(=O)CC1(CSCCOc2ccccc2F)CC1. The minimum atomic E-state index is -0.332. The van der Waals surface area contributed by atoms with Gasteiger partial charge in [-0.05, 0) is 36.1 Å². The van der Waals surface area contributed by atoms with Gasteiger partial charge in [0.2, 0.25) is 0 Å². The first-order chi connectivity index (χ1) is 9.65. The van der Waals surface area contributed by atoms with Gasteiger partial charge in [-0.15, -0.1) is 0 Å². The van der Waals surface area contributed by atoms with Crippen LogP contribution >= 0.6 is 11.8 Å². The number of para-hydroxylation sites is 1. The molecule has 0 heterocycles. The number of hydrogen-bond acceptors (Lipinski definition) is 4. The smallest absolute Gasteiger partial charge is 0.306 e. The molecule has 110 valence electrons. The first kappa shape index (κ1) is 15.2. The van der Waals surface area contributed by atoms with Gasteiger partial charge in [0, 0.05) is 5.75 Å². The van der Waals surface area contributed by atoms with Crippen molar-refractivity contribution in [2.75, 3.05) is 25.2 Å². The molecule has 0 spiro atoms. The van der Waals surface area contributed by atoms with E-state index in [1.165, 1.54) is 13.2 Å². The van der Waals surface area contributed by atoms with Crippen molar-refractivity contribution in [3.8, 4) is 5.75 Å². The summed E-state index contributed by atoms with van der Waals surface area (Å²) >= 11 is 1.75. The number of methoxy groups -OCH3 is 1. The predicted octanol–water partition coefficient (Wildman–Crippen LogP) is 3.28. The number of hydrogen-bond donors (Lipinski definition) is 0. The summed E-state index contributed by atoms with van der Waals surface area (Å²) in [5, 5.41) is 0. The van der Waals surface area contributed by atoms with Gasteiger partial charge < -0.3 is 9.47 Å². The number of halogens is 1. The molecule has 0 saturated heterocycles. The Morgan fingerprint density at radius 1 is 1.40 bits per heavy atom. The number of rotatable bonds is 8. The van der Waals surface area contributed by atoms with Crippen molar-refractivity contribution in [1.82, 2.24) is 0 Å². The first-order valence-electron chi connectivity index (χ1n) is 6.67. The van der Waals surface area contributed by atoms with Crippen LogP contribution in [0.5, 0.6) is 5.75 Å². The molecule has 0 aliphatic heterocycles. The van der Waals surface area contributed by atoms with E-state index < -0.39 is 0 Å². The molecule has 2 rings (SSSR count). The first-order valence-corrected chi connectivity index (χ1v) is 7.83. The van der Waals surface area contributed by atoms with Crippen LogP contribution in [0.25, 0.3) is 0 Å². The Labute approximate surface area is 122 Å². The fourth-order valence-electron chi connectivity index (χ4n) is 1.99. The lowest BCUT2D eigenvalue weighted by Crippen LogP contribution is -2.14. The second-order valence-corrected chi connectivity index (χ2v) is 6.19. The number of carbonyl (C=O) groups is 1. The third-order valence-electron chi connectivity index (χ3n) is 3.43. The van der Waals surface area contributed by atoms with E-state index in [1.807, 2.05) is 0 Å². The standard InChI is InChI=1S/C15H19FO3S/c1-18-14(17)10-15(6-7-15)11-20-9-8-19-13-5-3-2-4-12(13)16/h2-5H,6-11H2,1H3. The maximum Gasteiger partial charge on any atom is 0.306 e. The molecule has 0 radical (unpaired) electrons. The Morgan fingerprint density at radius 2 is 2.15 bits per heavy atom. The maximum absolute atomic E-state index is 13.3. The molecule has 1 aliphatic carbocycles. The van der Waals surface area contributed by atoms with Gasteiger partial charge in [0.05, 0.1) is 20.1 Å². The van der Waals surface area contributed by atoms with Crippen LogP contribution in [-0.2, 0) is 9.53 Å². The Kier molecular flexibility index (Phi) is 5.29. The molecule has 20 heavy (non-hydrogen) atoms. The summed E-state index contributed by atoms with van der Waals surface area (Å²) in [7, 11) is 1.42. The van der Waals surface area contributed by atoms with Crippen molar-refractivity contribution in [2.45, 2.75) is 19.3 Å². The van der Waals surface area contributed by atoms with Gasteiger partial charge in [-0.25, -0.2) is 4.39 Å². The zero-order valence-corrected chi connectivity index (χ0v) is 12.4. The summed E-state index contributed by atoms with van der Waals surface area (Å²) < 4.78 is 23.4. The molecule has 1 aromatic rings. The van der Waals surface area contributed by atoms with Crippen molar-refractivity contribution in [2.24, 2.45) is 5.41 Å². The van der Waals surface area contributed by atoms with Crippen LogP contribution in [0.4, 0.5) is 4.39 Å². The van der Waals surface area contributed by atoms with Crippen LogP contribution in [0.15, 0.2) is 24.3 Å². The lowest BCUT2D eigenvalue weighted by molar-refractivity contribution is -0.141. The van der Waals surface area contributed by atoms with Crippen LogP contribution in [0.1, 0.15) is 19.3 Å². The molecular weight excluding hydrogens is 279 g/mol. The van der Waals surface area contributed by atoms with Gasteiger partial charge in [-0.3, -0.25) is 4.79 Å². The lowest BCUT2D eigenvalue weighted by Gasteiger charge is -2.13. The van der Waals surface area contributed by atoms with E-state index in [0.717, 1.165) is 24.3 Å². The summed E-state index contributed by atoms with van der Waals surface area (Å²) in [6, 6.07) is 6.40. The molecule has 0 atom stereocenters. The van der Waals surface area contributed by atoms with Crippen LogP contribution in [0.2, 0.25) is 0 Å². The quantitative estimate of drug-likeness (QED) is 0.545. The lowest BCUT2D eigenvalue weighted by atomic mass is 10.1. The molecule has 0 unspecified atom stereocenters. The summed E-state index contributed by atoms with van der Waals surface area (Å²) in [5.74, 6) is 1.55. The van der Waals surface area contributed by atoms with E-state index in [4.69, 9.17) is 9.47 Å². The highest BCUT2D eigenvalue weighted by atomic mass is 32.2. The molecule has 1 saturated carbocycles. The van der Waals surface area contributed by atoms with E-state index in [2.05, 4.69) is 0 Å². The third kappa shape index (κ3) is 4.40. The Balaban J connectivity index is 1.63. The van der Waals surface area contributed by atoms with Gasteiger partial charge in [0.1, 0.15) is 0 Å². The highest BCUT2D eigenvalue weighted by Gasteiger charge is 2.44. The van der Waals surface area contributed by atoms with Crippen molar-refractivity contribution in [1.29, 1.82) is 0 Å². The summed E-state index contributed by atoms with van der Waals surface area (Å²) in [5.41, 5.74) is 0.135. The van der Waals surface area contributed by atoms with E-state index in [1.54, 1.807) is 30.0 Å². The fraction of sp³-hybridized carbons (Fsp3) is 0.533. The Bertz CT molecular complexity index is 460. The van der Waals surface area contributed by atoms with Crippen molar-refractivity contribution in [3.05, 3.63) is 30.1 Å². The zero-order valence-electron chi connectivity index (χ0n) is 11.6. The monoisotopic (exact) mass is 298 g/mol. The molecule has 1 fully saturated rings. The number of ether oxygens (including phenoxy) is 2. The zero-order chi connectivity index (χ0) is 14.4. The minimum Gasteiger partial charge on any atom is -0.490 e. The summed E-state index contributed by atoms with van der Waals surface area (Å²) in [4.78, 5) is 11.3. The minimum absolute atomic E-state index is 0.134. The van der Waals surface area contributed by atoms with E-state index in [9.17, 15) is 9.18 Å². The average molecular weight is 298 g/mol. The van der Waals surface area contributed by atoms with Crippen molar-refractivity contribution in [3.63, 3.8) is 0 Å². The fourth-order valence-corrected chi connectivity index (χ4v) is 3.16. The van der Waals surface area contributed by atoms with Crippen LogP contribution < -0.4 is 4.74 Å². The highest BCUT2D eigenvalue weighted by Crippen LogP contribution is 2.51. The van der Waals surface area contributed by atoms with Crippen LogP contribution in [-0.4, -0.2) is 31.2 Å². The van der Waals surface area contributed by atoms with Crippen molar-refractivity contribution >= 4 is 17.7 Å². The maximum atomic E-state index is 13.3. The number of thioether (sulfide) groups is 1.